The Labute approximate surface area is 111 Å². The molecule has 0 aliphatic heterocycles. The number of nitrogens with zero attached hydrogens (tertiary/aromatic N) is 1. The average molecular weight is 262 g/mol. The average Bonchev–Trinajstić information content (AvgIpc) is 2.39. The zero-order chi connectivity index (χ0) is 13.0. The van der Waals surface area contributed by atoms with Gasteiger partial charge in [0.2, 0.25) is 5.95 Å². The lowest BCUT2D eigenvalue weighted by Crippen LogP contribution is -2.08. The molecule has 1 N–H and O–H groups in total. The lowest BCUT2D eigenvalue weighted by molar-refractivity contribution is 0.584. The lowest BCUT2D eigenvalue weighted by Gasteiger charge is -2.15. The molecule has 18 heavy (non-hydrogen) atoms. The van der Waals surface area contributed by atoms with E-state index >= 15 is 0 Å². The molecule has 0 saturated heterocycles. The Morgan fingerprint density at radius 1 is 1.17 bits per heavy atom. The second-order valence-corrected chi connectivity index (χ2v) is 4.86. The summed E-state index contributed by atoms with van der Waals surface area (Å²) in [6, 6.07) is 13.1. The maximum absolute atomic E-state index is 13.0. The van der Waals surface area contributed by atoms with Gasteiger partial charge in [0.05, 0.1) is 0 Å². The fourth-order valence-corrected chi connectivity index (χ4v) is 2.09. The first-order chi connectivity index (χ1) is 8.69. The van der Waals surface area contributed by atoms with Crippen LogP contribution in [0.3, 0.4) is 0 Å². The van der Waals surface area contributed by atoms with E-state index < -0.39 is 5.95 Å². The topological polar surface area (TPSA) is 24.9 Å². The predicted octanol–water partition coefficient (Wildman–Crippen LogP) is 4.12. The zero-order valence-electron chi connectivity index (χ0n) is 10.4. The number of pyridine rings is 1. The summed E-state index contributed by atoms with van der Waals surface area (Å²) in [6.45, 7) is 2.03. The molecule has 0 amide bonds. The molecule has 4 heteroatoms. The SMILES string of the molecule is CSc1ccc(C(C)Nc2cccc(F)n2)cc1. The van der Waals surface area contributed by atoms with Gasteiger partial charge in [-0.2, -0.15) is 4.39 Å². The molecule has 94 valence electrons. The van der Waals surface area contributed by atoms with Gasteiger partial charge in [-0.05, 0) is 43.0 Å². The van der Waals surface area contributed by atoms with Gasteiger partial charge in [0.15, 0.2) is 0 Å². The van der Waals surface area contributed by atoms with E-state index in [-0.39, 0.29) is 6.04 Å². The molecule has 0 spiro atoms. The van der Waals surface area contributed by atoms with Crippen LogP contribution in [0.15, 0.2) is 47.4 Å². The predicted molar refractivity (Wildman–Crippen MR) is 74.5 cm³/mol. The van der Waals surface area contributed by atoms with E-state index in [1.165, 1.54) is 11.0 Å². The number of benzene rings is 1. The van der Waals surface area contributed by atoms with Gasteiger partial charge in [-0.15, -0.1) is 11.8 Å². The second-order valence-electron chi connectivity index (χ2n) is 3.98. The summed E-state index contributed by atoms with van der Waals surface area (Å²) < 4.78 is 13.0. The third-order valence-electron chi connectivity index (χ3n) is 2.70. The molecule has 1 heterocycles. The van der Waals surface area contributed by atoms with Crippen molar-refractivity contribution in [2.45, 2.75) is 17.9 Å². The van der Waals surface area contributed by atoms with E-state index in [2.05, 4.69) is 34.6 Å². The number of thioether (sulfide) groups is 1. The monoisotopic (exact) mass is 262 g/mol. The van der Waals surface area contributed by atoms with Crippen molar-refractivity contribution >= 4 is 17.6 Å². The van der Waals surface area contributed by atoms with Crippen molar-refractivity contribution in [3.05, 3.63) is 54.0 Å². The van der Waals surface area contributed by atoms with Crippen LogP contribution in [0, 0.1) is 5.95 Å². The lowest BCUT2D eigenvalue weighted by atomic mass is 10.1. The maximum atomic E-state index is 13.0. The standard InChI is InChI=1S/C14H15FN2S/c1-10(11-6-8-12(18-2)9-7-11)16-14-5-3-4-13(15)17-14/h3-10H,1-2H3,(H,16,17). The van der Waals surface area contributed by atoms with E-state index in [9.17, 15) is 4.39 Å². The highest BCUT2D eigenvalue weighted by Crippen LogP contribution is 2.21. The summed E-state index contributed by atoms with van der Waals surface area (Å²) in [4.78, 5) is 5.02. The Hall–Kier alpha value is -1.55. The molecule has 1 aromatic heterocycles. The molecule has 1 unspecified atom stereocenters. The number of hydrogen-bond acceptors (Lipinski definition) is 3. The van der Waals surface area contributed by atoms with E-state index in [0.717, 1.165) is 5.56 Å². The molecule has 2 nitrogen and oxygen atoms in total. The molecule has 1 atom stereocenters. The first-order valence-electron chi connectivity index (χ1n) is 5.72. The van der Waals surface area contributed by atoms with Crippen molar-refractivity contribution in [3.63, 3.8) is 0 Å². The summed E-state index contributed by atoms with van der Waals surface area (Å²) in [6.07, 6.45) is 2.05. The van der Waals surface area contributed by atoms with Crippen molar-refractivity contribution in [2.75, 3.05) is 11.6 Å². The van der Waals surface area contributed by atoms with Gasteiger partial charge in [-0.1, -0.05) is 18.2 Å². The third-order valence-corrected chi connectivity index (χ3v) is 3.44. The quantitative estimate of drug-likeness (QED) is 0.663. The highest BCUT2D eigenvalue weighted by atomic mass is 32.2. The van der Waals surface area contributed by atoms with Crippen molar-refractivity contribution in [1.29, 1.82) is 0 Å². The third kappa shape index (κ3) is 3.23. The van der Waals surface area contributed by atoms with Crippen LogP contribution in [0.2, 0.25) is 0 Å². The molecule has 0 radical (unpaired) electrons. The molecule has 0 fully saturated rings. The summed E-state index contributed by atoms with van der Waals surface area (Å²) >= 11 is 1.71. The van der Waals surface area contributed by atoms with Crippen LogP contribution < -0.4 is 5.32 Å². The van der Waals surface area contributed by atoms with Gasteiger partial charge < -0.3 is 5.32 Å². The minimum atomic E-state index is -0.468. The van der Waals surface area contributed by atoms with Gasteiger partial charge >= 0.3 is 0 Å². The Morgan fingerprint density at radius 2 is 1.89 bits per heavy atom. The number of nitrogens with one attached hydrogen (secondary N) is 1. The minimum absolute atomic E-state index is 0.0928. The van der Waals surface area contributed by atoms with Crippen molar-refractivity contribution in [1.82, 2.24) is 4.98 Å². The van der Waals surface area contributed by atoms with Gasteiger partial charge in [0.1, 0.15) is 5.82 Å². The van der Waals surface area contributed by atoms with Crippen LogP contribution in [-0.4, -0.2) is 11.2 Å². The van der Waals surface area contributed by atoms with Crippen LogP contribution in [0.1, 0.15) is 18.5 Å². The number of anilines is 1. The van der Waals surface area contributed by atoms with Crippen LogP contribution >= 0.6 is 11.8 Å². The molecule has 2 rings (SSSR count). The molecule has 1 aromatic carbocycles. The first-order valence-corrected chi connectivity index (χ1v) is 6.94. The van der Waals surface area contributed by atoms with Crippen molar-refractivity contribution in [3.8, 4) is 0 Å². The number of aromatic nitrogens is 1. The molecular formula is C14H15FN2S. The Balaban J connectivity index is 2.09. The Morgan fingerprint density at radius 3 is 2.50 bits per heavy atom. The van der Waals surface area contributed by atoms with E-state index in [1.807, 2.05) is 13.2 Å². The van der Waals surface area contributed by atoms with Gasteiger partial charge in [-0.3, -0.25) is 0 Å². The minimum Gasteiger partial charge on any atom is -0.363 e. The molecule has 0 saturated carbocycles. The molecular weight excluding hydrogens is 247 g/mol. The summed E-state index contributed by atoms with van der Waals surface area (Å²) in [7, 11) is 0. The maximum Gasteiger partial charge on any atom is 0.214 e. The van der Waals surface area contributed by atoms with E-state index in [1.54, 1.807) is 23.9 Å². The molecule has 0 aliphatic rings. The summed E-state index contributed by atoms with van der Waals surface area (Å²) in [5.74, 6) is 0.0846. The summed E-state index contributed by atoms with van der Waals surface area (Å²) in [5, 5.41) is 3.18. The number of hydrogen-bond donors (Lipinski definition) is 1. The number of halogens is 1. The zero-order valence-corrected chi connectivity index (χ0v) is 11.2. The summed E-state index contributed by atoms with van der Waals surface area (Å²) in [5.41, 5.74) is 1.15. The Kier molecular flexibility index (Phi) is 4.20. The largest absolute Gasteiger partial charge is 0.363 e. The van der Waals surface area contributed by atoms with Crippen LogP contribution in [0.4, 0.5) is 10.2 Å². The van der Waals surface area contributed by atoms with E-state index in [0.29, 0.717) is 5.82 Å². The van der Waals surface area contributed by atoms with Gasteiger partial charge in [0, 0.05) is 10.9 Å². The molecule has 0 bridgehead atoms. The highest BCUT2D eigenvalue weighted by Gasteiger charge is 2.06. The fourth-order valence-electron chi connectivity index (χ4n) is 1.69. The van der Waals surface area contributed by atoms with Gasteiger partial charge in [-0.25, -0.2) is 4.98 Å². The van der Waals surface area contributed by atoms with Crippen molar-refractivity contribution < 1.29 is 4.39 Å². The van der Waals surface area contributed by atoms with Gasteiger partial charge in [0.25, 0.3) is 0 Å². The van der Waals surface area contributed by atoms with Crippen LogP contribution in [0.5, 0.6) is 0 Å². The molecule has 2 aromatic rings. The smallest absolute Gasteiger partial charge is 0.214 e. The highest BCUT2D eigenvalue weighted by molar-refractivity contribution is 7.98. The normalized spacial score (nSPS) is 12.2. The number of rotatable bonds is 4. The van der Waals surface area contributed by atoms with Crippen molar-refractivity contribution in [2.24, 2.45) is 0 Å². The second kappa shape index (κ2) is 5.87. The van der Waals surface area contributed by atoms with E-state index in [4.69, 9.17) is 0 Å². The molecule has 0 aliphatic carbocycles. The van der Waals surface area contributed by atoms with Crippen LogP contribution in [0.25, 0.3) is 0 Å². The van der Waals surface area contributed by atoms with Crippen LogP contribution in [-0.2, 0) is 0 Å². The Bertz CT molecular complexity index is 513. The first kappa shape index (κ1) is 12.9. The fraction of sp³-hybridized carbons (Fsp3) is 0.214.